The van der Waals surface area contributed by atoms with E-state index in [-0.39, 0.29) is 0 Å². The molecule has 5 heteroatoms. The number of hydrogen-bond acceptors (Lipinski definition) is 5. The average molecular weight is 234 g/mol. The summed E-state index contributed by atoms with van der Waals surface area (Å²) in [5.41, 5.74) is 6.20. The lowest BCUT2D eigenvalue weighted by Crippen LogP contribution is -2.49. The predicted molar refractivity (Wildman–Crippen MR) is 65.0 cm³/mol. The smallest absolute Gasteiger partial charge is 0.218 e. The molecule has 0 unspecified atom stereocenters. The molecule has 1 saturated heterocycles. The maximum atomic E-state index is 6.20. The molecule has 0 radical (unpaired) electrons. The van der Waals surface area contributed by atoms with Crippen molar-refractivity contribution in [3.05, 3.63) is 12.4 Å². The Kier molecular flexibility index (Phi) is 2.63. The van der Waals surface area contributed by atoms with Crippen LogP contribution < -0.4 is 15.4 Å². The van der Waals surface area contributed by atoms with Gasteiger partial charge in [0.1, 0.15) is 12.1 Å². The number of ether oxygens (including phenoxy) is 1. The number of rotatable bonds is 2. The van der Waals surface area contributed by atoms with E-state index in [0.717, 1.165) is 18.9 Å². The predicted octanol–water partition coefficient (Wildman–Crippen LogP) is 0.659. The molecule has 1 aliphatic carbocycles. The Bertz CT molecular complexity index is 397. The molecule has 0 aromatic carbocycles. The van der Waals surface area contributed by atoms with Gasteiger partial charge in [0.2, 0.25) is 5.88 Å². The van der Waals surface area contributed by atoms with Gasteiger partial charge in [-0.15, -0.1) is 0 Å². The van der Waals surface area contributed by atoms with Crippen molar-refractivity contribution in [3.63, 3.8) is 0 Å². The fourth-order valence-corrected chi connectivity index (χ4v) is 3.07. The van der Waals surface area contributed by atoms with Crippen molar-refractivity contribution in [2.45, 2.75) is 18.9 Å². The van der Waals surface area contributed by atoms with Crippen molar-refractivity contribution in [1.29, 1.82) is 0 Å². The number of fused-ring (bicyclic) bond motifs is 2. The second-order valence-electron chi connectivity index (χ2n) is 5.00. The van der Waals surface area contributed by atoms with Crippen molar-refractivity contribution >= 4 is 5.82 Å². The molecule has 0 amide bonds. The molecule has 2 aliphatic rings. The first kappa shape index (κ1) is 10.8. The fraction of sp³-hybridized carbons (Fsp3) is 0.667. The summed E-state index contributed by atoms with van der Waals surface area (Å²) in [6.07, 6.45) is 4.07. The Morgan fingerprint density at radius 2 is 2.00 bits per heavy atom. The largest absolute Gasteiger partial charge is 0.481 e. The molecule has 5 nitrogen and oxygen atoms in total. The first-order valence-electron chi connectivity index (χ1n) is 6.14. The third-order valence-electron chi connectivity index (χ3n) is 4.07. The van der Waals surface area contributed by atoms with Crippen LogP contribution in [0.2, 0.25) is 0 Å². The number of nitrogens with two attached hydrogens (primary N) is 1. The van der Waals surface area contributed by atoms with Gasteiger partial charge < -0.3 is 15.4 Å². The molecule has 92 valence electrons. The van der Waals surface area contributed by atoms with E-state index in [1.54, 1.807) is 13.4 Å². The molecule has 2 fully saturated rings. The molecular formula is C12H18N4O. The summed E-state index contributed by atoms with van der Waals surface area (Å²) < 4.78 is 5.13. The minimum atomic E-state index is 0.384. The highest BCUT2D eigenvalue weighted by molar-refractivity contribution is 5.42. The van der Waals surface area contributed by atoms with Crippen LogP contribution in [0.25, 0.3) is 0 Å². The summed E-state index contributed by atoms with van der Waals surface area (Å²) in [6, 6.07) is 2.28. The molecule has 0 spiro atoms. The third-order valence-corrected chi connectivity index (χ3v) is 4.07. The van der Waals surface area contributed by atoms with Crippen LogP contribution >= 0.6 is 0 Å². The fourth-order valence-electron chi connectivity index (χ4n) is 3.07. The van der Waals surface area contributed by atoms with E-state index in [4.69, 9.17) is 10.5 Å². The van der Waals surface area contributed by atoms with E-state index < -0.39 is 0 Å². The molecule has 3 rings (SSSR count). The van der Waals surface area contributed by atoms with Crippen LogP contribution in [0, 0.1) is 11.8 Å². The van der Waals surface area contributed by atoms with Crippen molar-refractivity contribution < 1.29 is 4.74 Å². The normalized spacial score (nSPS) is 31.6. The maximum Gasteiger partial charge on any atom is 0.218 e. The second-order valence-corrected chi connectivity index (χ2v) is 5.00. The molecule has 2 N–H and O–H groups in total. The van der Waals surface area contributed by atoms with Gasteiger partial charge in [0.05, 0.1) is 7.11 Å². The van der Waals surface area contributed by atoms with Gasteiger partial charge in [-0.2, -0.15) is 0 Å². The van der Waals surface area contributed by atoms with Crippen LogP contribution in [0.4, 0.5) is 5.82 Å². The molecule has 1 aromatic rings. The summed E-state index contributed by atoms with van der Waals surface area (Å²) in [5.74, 6) is 2.82. The summed E-state index contributed by atoms with van der Waals surface area (Å²) in [6.45, 7) is 2.02. The maximum absolute atomic E-state index is 6.20. The van der Waals surface area contributed by atoms with Crippen molar-refractivity contribution in [3.8, 4) is 5.88 Å². The van der Waals surface area contributed by atoms with Gasteiger partial charge in [0.25, 0.3) is 0 Å². The summed E-state index contributed by atoms with van der Waals surface area (Å²) in [5, 5.41) is 0. The Hall–Kier alpha value is -1.36. The van der Waals surface area contributed by atoms with E-state index in [0.29, 0.717) is 23.8 Å². The Balaban J connectivity index is 1.81. The number of methoxy groups -OCH3 is 1. The number of aromatic nitrogens is 2. The zero-order chi connectivity index (χ0) is 11.8. The second kappa shape index (κ2) is 4.14. The van der Waals surface area contributed by atoms with E-state index in [2.05, 4.69) is 14.9 Å². The van der Waals surface area contributed by atoms with Gasteiger partial charge in [-0.25, -0.2) is 9.97 Å². The minimum Gasteiger partial charge on any atom is -0.481 e. The lowest BCUT2D eigenvalue weighted by molar-refractivity contribution is 0.353. The van der Waals surface area contributed by atoms with Crippen molar-refractivity contribution in [1.82, 2.24) is 9.97 Å². The molecule has 2 heterocycles. The number of hydrogen-bond donors (Lipinski definition) is 1. The van der Waals surface area contributed by atoms with Crippen LogP contribution in [0.5, 0.6) is 5.88 Å². The van der Waals surface area contributed by atoms with E-state index >= 15 is 0 Å². The van der Waals surface area contributed by atoms with Crippen LogP contribution in [0.1, 0.15) is 12.8 Å². The van der Waals surface area contributed by atoms with Crippen LogP contribution in [-0.4, -0.2) is 36.2 Å². The van der Waals surface area contributed by atoms with E-state index in [1.807, 2.05) is 6.07 Å². The monoisotopic (exact) mass is 234 g/mol. The molecule has 17 heavy (non-hydrogen) atoms. The number of nitrogens with zero attached hydrogens (tertiary/aromatic N) is 3. The SMILES string of the molecule is COc1cc(N2C[C@H]3CC[C@@H](C2)[C@@H]3N)ncn1. The molecule has 3 atom stereocenters. The van der Waals surface area contributed by atoms with Gasteiger partial charge in [-0.1, -0.05) is 0 Å². The molecule has 1 aromatic heterocycles. The van der Waals surface area contributed by atoms with E-state index in [1.165, 1.54) is 12.8 Å². The highest BCUT2D eigenvalue weighted by Crippen LogP contribution is 2.37. The number of anilines is 1. The minimum absolute atomic E-state index is 0.384. The number of piperidine rings is 1. The summed E-state index contributed by atoms with van der Waals surface area (Å²) >= 11 is 0. The average Bonchev–Trinajstić information content (AvgIpc) is 2.61. The summed E-state index contributed by atoms with van der Waals surface area (Å²) in [7, 11) is 1.63. The summed E-state index contributed by atoms with van der Waals surface area (Å²) in [4.78, 5) is 10.7. The first-order valence-corrected chi connectivity index (χ1v) is 6.14. The van der Waals surface area contributed by atoms with E-state index in [9.17, 15) is 0 Å². The third kappa shape index (κ3) is 1.84. The van der Waals surface area contributed by atoms with Gasteiger partial charge in [-0.05, 0) is 24.7 Å². The van der Waals surface area contributed by atoms with Crippen LogP contribution in [0.15, 0.2) is 12.4 Å². The van der Waals surface area contributed by atoms with Crippen molar-refractivity contribution in [2.75, 3.05) is 25.1 Å². The van der Waals surface area contributed by atoms with Gasteiger partial charge >= 0.3 is 0 Å². The zero-order valence-corrected chi connectivity index (χ0v) is 10.0. The highest BCUT2D eigenvalue weighted by atomic mass is 16.5. The van der Waals surface area contributed by atoms with Crippen molar-refractivity contribution in [2.24, 2.45) is 17.6 Å². The topological polar surface area (TPSA) is 64.3 Å². The Morgan fingerprint density at radius 3 is 2.65 bits per heavy atom. The highest BCUT2D eigenvalue weighted by Gasteiger charge is 2.40. The van der Waals surface area contributed by atoms with Gasteiger partial charge in [-0.3, -0.25) is 0 Å². The molecule has 1 saturated carbocycles. The quantitative estimate of drug-likeness (QED) is 0.814. The van der Waals surface area contributed by atoms with Gasteiger partial charge in [0, 0.05) is 25.2 Å². The Morgan fingerprint density at radius 1 is 1.29 bits per heavy atom. The molecule has 2 bridgehead atoms. The molecular weight excluding hydrogens is 216 g/mol. The Labute approximate surface area is 101 Å². The zero-order valence-electron chi connectivity index (χ0n) is 10.0. The van der Waals surface area contributed by atoms with Crippen LogP contribution in [-0.2, 0) is 0 Å². The lowest BCUT2D eigenvalue weighted by Gasteiger charge is -2.36. The molecule has 1 aliphatic heterocycles. The standard InChI is InChI=1S/C12H18N4O/c1-17-11-4-10(14-7-15-11)16-5-8-2-3-9(6-16)12(8)13/h4,7-9,12H,2-3,5-6,13H2,1H3/t8-,9+,12-. The van der Waals surface area contributed by atoms with Crippen LogP contribution in [0.3, 0.4) is 0 Å². The lowest BCUT2D eigenvalue weighted by atomic mass is 9.93. The first-order chi connectivity index (χ1) is 8.28. The van der Waals surface area contributed by atoms with Gasteiger partial charge in [0.15, 0.2) is 0 Å².